The van der Waals surface area contributed by atoms with Gasteiger partial charge < -0.3 is 9.47 Å². The molecule has 2 rings (SSSR count). The minimum absolute atomic E-state index is 0.228. The van der Waals surface area contributed by atoms with Crippen LogP contribution in [0.1, 0.15) is 18.1 Å². The van der Waals surface area contributed by atoms with Gasteiger partial charge in [0.15, 0.2) is 0 Å². The molecule has 24 heavy (non-hydrogen) atoms. The lowest BCUT2D eigenvalue weighted by molar-refractivity contribution is 0.411. The Morgan fingerprint density at radius 3 is 2.12 bits per heavy atom. The van der Waals surface area contributed by atoms with E-state index in [1.165, 1.54) is 11.4 Å². The Labute approximate surface area is 143 Å². The molecule has 0 spiro atoms. The minimum atomic E-state index is -3.70. The van der Waals surface area contributed by atoms with Crippen molar-refractivity contribution in [2.45, 2.75) is 25.7 Å². The first-order chi connectivity index (χ1) is 11.3. The number of benzene rings is 2. The molecule has 0 fully saturated rings. The number of rotatable bonds is 6. The summed E-state index contributed by atoms with van der Waals surface area (Å²) in [5, 5.41) is 0. The van der Waals surface area contributed by atoms with Gasteiger partial charge in [-0.05, 0) is 62.2 Å². The smallest absolute Gasteiger partial charge is 0.264 e. The predicted octanol–water partition coefficient (Wildman–Crippen LogP) is 3.54. The lowest BCUT2D eigenvalue weighted by Gasteiger charge is -2.25. The second kappa shape index (κ2) is 7.13. The van der Waals surface area contributed by atoms with Crippen LogP contribution in [0.3, 0.4) is 0 Å². The van der Waals surface area contributed by atoms with Gasteiger partial charge in [-0.2, -0.15) is 0 Å². The third-order valence-electron chi connectivity index (χ3n) is 3.84. The van der Waals surface area contributed by atoms with E-state index in [0.717, 1.165) is 11.1 Å². The van der Waals surface area contributed by atoms with Crippen LogP contribution in [-0.2, 0) is 10.0 Å². The standard InChI is InChI=1S/C18H23NO4S/c1-6-19(16-11-13(2)7-9-18(16)23-5)24(20,21)15-8-10-17(22-4)14(3)12-15/h7-12H,6H2,1-5H3. The molecule has 0 heterocycles. The van der Waals surface area contributed by atoms with E-state index in [2.05, 4.69) is 0 Å². The summed E-state index contributed by atoms with van der Waals surface area (Å²) < 4.78 is 38.2. The number of aryl methyl sites for hydroxylation is 2. The SMILES string of the molecule is CCN(c1cc(C)ccc1OC)S(=O)(=O)c1ccc(OC)c(C)c1. The van der Waals surface area contributed by atoms with Crippen LogP contribution in [0.15, 0.2) is 41.3 Å². The summed E-state index contributed by atoms with van der Waals surface area (Å²) in [6, 6.07) is 10.3. The monoisotopic (exact) mass is 349 g/mol. The number of hydrogen-bond donors (Lipinski definition) is 0. The van der Waals surface area contributed by atoms with Gasteiger partial charge in [0.2, 0.25) is 0 Å². The van der Waals surface area contributed by atoms with Crippen molar-refractivity contribution in [1.82, 2.24) is 0 Å². The molecule has 0 aliphatic heterocycles. The Bertz CT molecular complexity index is 831. The minimum Gasteiger partial charge on any atom is -0.496 e. The van der Waals surface area contributed by atoms with Gasteiger partial charge in [0.05, 0.1) is 24.8 Å². The molecule has 0 saturated heterocycles. The van der Waals surface area contributed by atoms with Gasteiger partial charge in [0, 0.05) is 6.54 Å². The predicted molar refractivity (Wildman–Crippen MR) is 95.7 cm³/mol. The molecular weight excluding hydrogens is 326 g/mol. The Morgan fingerprint density at radius 2 is 1.58 bits per heavy atom. The lowest BCUT2D eigenvalue weighted by atomic mass is 10.2. The third kappa shape index (κ3) is 3.33. The van der Waals surface area contributed by atoms with Gasteiger partial charge in [0.1, 0.15) is 11.5 Å². The average Bonchev–Trinajstić information content (AvgIpc) is 2.55. The van der Waals surface area contributed by atoms with Gasteiger partial charge in [-0.3, -0.25) is 4.31 Å². The first-order valence-corrected chi connectivity index (χ1v) is 9.11. The van der Waals surface area contributed by atoms with Crippen molar-refractivity contribution in [2.24, 2.45) is 0 Å². The van der Waals surface area contributed by atoms with E-state index >= 15 is 0 Å². The van der Waals surface area contributed by atoms with Crippen LogP contribution < -0.4 is 13.8 Å². The first kappa shape index (κ1) is 18.1. The quantitative estimate of drug-likeness (QED) is 0.800. The molecule has 0 aliphatic carbocycles. The summed E-state index contributed by atoms with van der Waals surface area (Å²) in [6.07, 6.45) is 0. The normalized spacial score (nSPS) is 11.2. The number of ether oxygens (including phenoxy) is 2. The van der Waals surface area contributed by atoms with Crippen LogP contribution in [0.5, 0.6) is 11.5 Å². The summed E-state index contributed by atoms with van der Waals surface area (Å²) in [5.41, 5.74) is 2.27. The molecular formula is C18H23NO4S. The van der Waals surface area contributed by atoms with E-state index in [1.807, 2.05) is 26.0 Å². The Morgan fingerprint density at radius 1 is 0.958 bits per heavy atom. The van der Waals surface area contributed by atoms with E-state index in [1.54, 1.807) is 38.3 Å². The van der Waals surface area contributed by atoms with Crippen molar-refractivity contribution >= 4 is 15.7 Å². The van der Waals surface area contributed by atoms with Crippen molar-refractivity contribution in [3.8, 4) is 11.5 Å². The summed E-state index contributed by atoms with van der Waals surface area (Å²) >= 11 is 0. The highest BCUT2D eigenvalue weighted by Crippen LogP contribution is 2.34. The van der Waals surface area contributed by atoms with E-state index in [0.29, 0.717) is 23.7 Å². The summed E-state index contributed by atoms with van der Waals surface area (Å²) in [7, 11) is -0.607. The maximum Gasteiger partial charge on any atom is 0.264 e. The van der Waals surface area contributed by atoms with Crippen LogP contribution in [-0.4, -0.2) is 29.2 Å². The van der Waals surface area contributed by atoms with E-state index in [4.69, 9.17) is 9.47 Å². The molecule has 0 unspecified atom stereocenters. The molecule has 0 aromatic heterocycles. The van der Waals surface area contributed by atoms with Gasteiger partial charge in [-0.1, -0.05) is 6.07 Å². The van der Waals surface area contributed by atoms with Gasteiger partial charge >= 0.3 is 0 Å². The topological polar surface area (TPSA) is 55.8 Å². The summed E-state index contributed by atoms with van der Waals surface area (Å²) in [5.74, 6) is 1.18. The van der Waals surface area contributed by atoms with Crippen LogP contribution in [0.2, 0.25) is 0 Å². The van der Waals surface area contributed by atoms with Gasteiger partial charge in [0.25, 0.3) is 10.0 Å². The maximum absolute atomic E-state index is 13.1. The van der Waals surface area contributed by atoms with Crippen LogP contribution in [0.4, 0.5) is 5.69 Å². The molecule has 130 valence electrons. The average molecular weight is 349 g/mol. The fraction of sp³-hybridized carbons (Fsp3) is 0.333. The van der Waals surface area contributed by atoms with E-state index < -0.39 is 10.0 Å². The molecule has 0 amide bonds. The lowest BCUT2D eigenvalue weighted by Crippen LogP contribution is -2.31. The van der Waals surface area contributed by atoms with Crippen LogP contribution in [0.25, 0.3) is 0 Å². The Hall–Kier alpha value is -2.21. The number of methoxy groups -OCH3 is 2. The molecule has 0 aliphatic rings. The van der Waals surface area contributed by atoms with Crippen LogP contribution in [0, 0.1) is 13.8 Å². The fourth-order valence-corrected chi connectivity index (χ4v) is 4.17. The molecule has 0 saturated carbocycles. The molecule has 6 heteroatoms. The first-order valence-electron chi connectivity index (χ1n) is 7.67. The third-order valence-corrected chi connectivity index (χ3v) is 5.73. The van der Waals surface area contributed by atoms with Crippen molar-refractivity contribution < 1.29 is 17.9 Å². The number of hydrogen-bond acceptors (Lipinski definition) is 4. The fourth-order valence-electron chi connectivity index (χ4n) is 2.60. The Balaban J connectivity index is 2.57. The van der Waals surface area contributed by atoms with Crippen molar-refractivity contribution in [1.29, 1.82) is 0 Å². The highest BCUT2D eigenvalue weighted by atomic mass is 32.2. The highest BCUT2D eigenvalue weighted by Gasteiger charge is 2.26. The van der Waals surface area contributed by atoms with E-state index in [-0.39, 0.29) is 4.90 Å². The molecule has 0 radical (unpaired) electrons. The molecule has 2 aromatic rings. The van der Waals surface area contributed by atoms with Gasteiger partial charge in [-0.15, -0.1) is 0 Å². The zero-order valence-electron chi connectivity index (χ0n) is 14.7. The van der Waals surface area contributed by atoms with Crippen molar-refractivity contribution in [2.75, 3.05) is 25.1 Å². The number of sulfonamides is 1. The van der Waals surface area contributed by atoms with E-state index in [9.17, 15) is 8.42 Å². The molecule has 0 N–H and O–H groups in total. The molecule has 0 atom stereocenters. The molecule has 0 bridgehead atoms. The molecule has 5 nitrogen and oxygen atoms in total. The van der Waals surface area contributed by atoms with Crippen LogP contribution >= 0.6 is 0 Å². The highest BCUT2D eigenvalue weighted by molar-refractivity contribution is 7.92. The molecule has 2 aromatic carbocycles. The zero-order chi connectivity index (χ0) is 17.9. The summed E-state index contributed by atoms with van der Waals surface area (Å²) in [6.45, 7) is 5.84. The number of nitrogens with zero attached hydrogens (tertiary/aromatic N) is 1. The van der Waals surface area contributed by atoms with Crippen molar-refractivity contribution in [3.05, 3.63) is 47.5 Å². The second-order valence-electron chi connectivity index (χ2n) is 5.48. The second-order valence-corrected chi connectivity index (χ2v) is 7.34. The van der Waals surface area contributed by atoms with Gasteiger partial charge in [-0.25, -0.2) is 8.42 Å². The zero-order valence-corrected chi connectivity index (χ0v) is 15.5. The Kier molecular flexibility index (Phi) is 5.39. The maximum atomic E-state index is 13.1. The van der Waals surface area contributed by atoms with Crippen molar-refractivity contribution in [3.63, 3.8) is 0 Å². The number of anilines is 1. The summed E-state index contributed by atoms with van der Waals surface area (Å²) in [4.78, 5) is 0.228. The largest absolute Gasteiger partial charge is 0.496 e.